The average Bonchev–Trinajstić information content (AvgIpc) is 3.52. The second-order valence-corrected chi connectivity index (χ2v) is 7.94. The monoisotopic (exact) mass is 404 g/mol. The van der Waals surface area contributed by atoms with E-state index in [0.717, 1.165) is 61.5 Å². The molecule has 8 bridgehead atoms. The maximum Gasteiger partial charge on any atom is 0.0782 e. The first kappa shape index (κ1) is 17.9. The van der Waals surface area contributed by atoms with Crippen LogP contribution in [-0.2, 0) is 0 Å². The van der Waals surface area contributed by atoms with Gasteiger partial charge >= 0.3 is 0 Å². The van der Waals surface area contributed by atoms with Crippen molar-refractivity contribution < 1.29 is 5.11 Å². The summed E-state index contributed by atoms with van der Waals surface area (Å²) in [7, 11) is 0. The highest BCUT2D eigenvalue weighted by Crippen LogP contribution is 2.35. The van der Waals surface area contributed by atoms with E-state index in [2.05, 4.69) is 28.2 Å². The molecule has 6 rings (SSSR count). The van der Waals surface area contributed by atoms with Crippen molar-refractivity contribution in [3.8, 4) is 22.5 Å². The summed E-state index contributed by atoms with van der Waals surface area (Å²) in [6, 6.07) is 22.4. The first-order valence-corrected chi connectivity index (χ1v) is 10.3. The Hall–Kier alpha value is -3.96. The molecular weight excluding hydrogens is 384 g/mol. The van der Waals surface area contributed by atoms with Gasteiger partial charge in [0.1, 0.15) is 0 Å². The summed E-state index contributed by atoms with van der Waals surface area (Å²) in [4.78, 5) is 16.5. The highest BCUT2D eigenvalue weighted by molar-refractivity contribution is 5.87. The van der Waals surface area contributed by atoms with Gasteiger partial charge in [-0.05, 0) is 61.5 Å². The number of fused-ring (bicyclic) bond motifs is 11. The lowest BCUT2D eigenvalue weighted by Gasteiger charge is -1.99. The molecule has 0 fully saturated rings. The SMILES string of the molecule is CC(O)c1cc2cc3ccc(cc4nc(cc5nc(cc1[nH]2)C=C5)-c1ccccc1-4)[nH]3. The molecule has 0 radical (unpaired) electrons. The summed E-state index contributed by atoms with van der Waals surface area (Å²) in [6.07, 6.45) is 3.39. The van der Waals surface area contributed by atoms with Crippen molar-refractivity contribution in [3.63, 3.8) is 0 Å². The third kappa shape index (κ3) is 3.16. The zero-order chi connectivity index (χ0) is 20.9. The van der Waals surface area contributed by atoms with Crippen molar-refractivity contribution in [2.75, 3.05) is 0 Å². The average molecular weight is 404 g/mol. The van der Waals surface area contributed by atoms with Crippen molar-refractivity contribution in [1.82, 2.24) is 19.9 Å². The van der Waals surface area contributed by atoms with Crippen LogP contribution in [0.5, 0.6) is 0 Å². The predicted octanol–water partition coefficient (Wildman–Crippen LogP) is 5.87. The van der Waals surface area contributed by atoms with Gasteiger partial charge in [0, 0.05) is 38.8 Å². The van der Waals surface area contributed by atoms with Gasteiger partial charge in [0.15, 0.2) is 0 Å². The van der Waals surface area contributed by atoms with Crippen LogP contribution < -0.4 is 0 Å². The van der Waals surface area contributed by atoms with Crippen molar-refractivity contribution in [1.29, 1.82) is 0 Å². The summed E-state index contributed by atoms with van der Waals surface area (Å²) < 4.78 is 0. The number of rotatable bonds is 1. The highest BCUT2D eigenvalue weighted by Gasteiger charge is 2.16. The van der Waals surface area contributed by atoms with E-state index in [1.807, 2.05) is 60.7 Å². The quantitative estimate of drug-likeness (QED) is 0.321. The Morgan fingerprint density at radius 1 is 0.710 bits per heavy atom. The van der Waals surface area contributed by atoms with Crippen LogP contribution in [0.25, 0.3) is 56.7 Å². The molecule has 2 aliphatic heterocycles. The number of benzene rings is 1. The van der Waals surface area contributed by atoms with E-state index < -0.39 is 6.10 Å². The van der Waals surface area contributed by atoms with Crippen molar-refractivity contribution in [3.05, 3.63) is 83.7 Å². The lowest BCUT2D eigenvalue weighted by atomic mass is 10.0. The number of H-pyrrole nitrogens is 2. The minimum absolute atomic E-state index is 0.585. The molecule has 2 aliphatic rings. The third-order valence-electron chi connectivity index (χ3n) is 5.67. The molecule has 0 saturated heterocycles. The fourth-order valence-corrected chi connectivity index (χ4v) is 4.21. The summed E-state index contributed by atoms with van der Waals surface area (Å²) in [5.74, 6) is 0. The first-order valence-electron chi connectivity index (χ1n) is 10.3. The smallest absolute Gasteiger partial charge is 0.0782 e. The Balaban J connectivity index is 1.71. The summed E-state index contributed by atoms with van der Waals surface area (Å²) in [5, 5.41) is 10.3. The van der Waals surface area contributed by atoms with Gasteiger partial charge in [-0.1, -0.05) is 24.3 Å². The maximum absolute atomic E-state index is 10.3. The fraction of sp³-hybridized carbons (Fsp3) is 0.0769. The number of hydrogen-bond acceptors (Lipinski definition) is 3. The molecule has 5 heterocycles. The molecule has 3 aromatic heterocycles. The number of aliphatic hydroxyl groups excluding tert-OH is 1. The zero-order valence-electron chi connectivity index (χ0n) is 16.9. The second kappa shape index (κ2) is 6.79. The molecule has 0 aliphatic carbocycles. The Bertz CT molecular complexity index is 1520. The van der Waals surface area contributed by atoms with Gasteiger partial charge in [-0.2, -0.15) is 0 Å². The number of aromatic nitrogens is 4. The van der Waals surface area contributed by atoms with E-state index in [9.17, 15) is 5.11 Å². The maximum atomic E-state index is 10.3. The van der Waals surface area contributed by atoms with Crippen LogP contribution in [0.2, 0.25) is 0 Å². The Morgan fingerprint density at radius 3 is 2.13 bits per heavy atom. The molecule has 5 heteroatoms. The van der Waals surface area contributed by atoms with E-state index >= 15 is 0 Å². The van der Waals surface area contributed by atoms with E-state index in [1.54, 1.807) is 6.92 Å². The lowest BCUT2D eigenvalue weighted by molar-refractivity contribution is 0.201. The normalized spacial score (nSPS) is 13.2. The number of aliphatic hydroxyl groups is 1. The van der Waals surface area contributed by atoms with Crippen LogP contribution in [0, 0.1) is 0 Å². The molecular formula is C26H20N4O. The van der Waals surface area contributed by atoms with Crippen LogP contribution in [0.1, 0.15) is 30.0 Å². The molecule has 4 aromatic rings. The van der Waals surface area contributed by atoms with E-state index in [4.69, 9.17) is 9.97 Å². The van der Waals surface area contributed by atoms with Gasteiger partial charge in [-0.15, -0.1) is 0 Å². The van der Waals surface area contributed by atoms with Crippen LogP contribution >= 0.6 is 0 Å². The van der Waals surface area contributed by atoms with Crippen molar-refractivity contribution in [2.45, 2.75) is 13.0 Å². The molecule has 1 unspecified atom stereocenters. The Labute approximate surface area is 178 Å². The molecule has 1 aromatic carbocycles. The summed E-state index contributed by atoms with van der Waals surface area (Å²) in [5.41, 5.74) is 10.3. The van der Waals surface area contributed by atoms with Gasteiger partial charge in [-0.25, -0.2) is 9.97 Å². The zero-order valence-corrected chi connectivity index (χ0v) is 16.9. The van der Waals surface area contributed by atoms with Crippen LogP contribution in [0.3, 0.4) is 0 Å². The van der Waals surface area contributed by atoms with Gasteiger partial charge in [0.2, 0.25) is 0 Å². The standard InChI is InChI=1S/C26H20N4O/c1-15(31)23-11-20-10-16-6-7-17(27-16)12-24-21-4-2-3-5-22(21)25(30-24)13-18-8-9-19(28-18)14-26(23)29-20/h2-15,27,29,31H,1H3. The molecule has 0 amide bonds. The lowest BCUT2D eigenvalue weighted by Crippen LogP contribution is -1.88. The minimum Gasteiger partial charge on any atom is -0.389 e. The van der Waals surface area contributed by atoms with Crippen LogP contribution in [0.15, 0.2) is 66.7 Å². The van der Waals surface area contributed by atoms with Gasteiger partial charge in [0.05, 0.1) is 28.9 Å². The van der Waals surface area contributed by atoms with Gasteiger partial charge in [0.25, 0.3) is 0 Å². The van der Waals surface area contributed by atoms with Crippen LogP contribution in [0.4, 0.5) is 0 Å². The molecule has 150 valence electrons. The molecule has 0 saturated carbocycles. The van der Waals surface area contributed by atoms with E-state index in [-0.39, 0.29) is 0 Å². The van der Waals surface area contributed by atoms with E-state index in [1.165, 1.54) is 0 Å². The van der Waals surface area contributed by atoms with E-state index in [0.29, 0.717) is 0 Å². The number of hydrogen-bond donors (Lipinski definition) is 3. The third-order valence-corrected chi connectivity index (χ3v) is 5.67. The minimum atomic E-state index is -0.585. The molecule has 0 spiro atoms. The fourth-order valence-electron chi connectivity index (χ4n) is 4.21. The van der Waals surface area contributed by atoms with Crippen LogP contribution in [-0.4, -0.2) is 25.0 Å². The summed E-state index contributed by atoms with van der Waals surface area (Å²) >= 11 is 0. The Morgan fingerprint density at radius 2 is 1.39 bits per heavy atom. The molecule has 5 nitrogen and oxygen atoms in total. The summed E-state index contributed by atoms with van der Waals surface area (Å²) in [6.45, 7) is 1.77. The predicted molar refractivity (Wildman–Crippen MR) is 125 cm³/mol. The Kier molecular flexibility index (Phi) is 3.91. The highest BCUT2D eigenvalue weighted by atomic mass is 16.3. The number of nitrogens with one attached hydrogen (secondary N) is 2. The first-order chi connectivity index (χ1) is 15.1. The molecule has 3 N–H and O–H groups in total. The largest absolute Gasteiger partial charge is 0.389 e. The van der Waals surface area contributed by atoms with Gasteiger partial charge in [-0.3, -0.25) is 0 Å². The van der Waals surface area contributed by atoms with Crippen molar-refractivity contribution >= 4 is 34.2 Å². The molecule has 31 heavy (non-hydrogen) atoms. The topological polar surface area (TPSA) is 77.6 Å². The second-order valence-electron chi connectivity index (χ2n) is 7.94. The van der Waals surface area contributed by atoms with Gasteiger partial charge < -0.3 is 15.1 Å². The number of nitrogens with zero attached hydrogens (tertiary/aromatic N) is 2. The molecule has 1 atom stereocenters. The van der Waals surface area contributed by atoms with Crippen molar-refractivity contribution in [2.24, 2.45) is 0 Å². The number of aromatic amines is 2.